The Bertz CT molecular complexity index is 607. The minimum Gasteiger partial charge on any atom is -0.465 e. The molecule has 0 spiro atoms. The van der Waals surface area contributed by atoms with Gasteiger partial charge in [-0.1, -0.05) is 25.1 Å². The number of furan rings is 1. The average Bonchev–Trinajstić information content (AvgIpc) is 2.90. The Kier molecular flexibility index (Phi) is 5.11. The first kappa shape index (κ1) is 15.3. The lowest BCUT2D eigenvalue weighted by atomic mass is 10.0. The van der Waals surface area contributed by atoms with Crippen molar-refractivity contribution in [3.8, 4) is 0 Å². The van der Waals surface area contributed by atoms with Crippen LogP contribution in [0.3, 0.4) is 0 Å². The number of rotatable bonds is 7. The second-order valence-electron chi connectivity index (χ2n) is 5.05. The van der Waals surface area contributed by atoms with Gasteiger partial charge in [-0.3, -0.25) is 10.1 Å². The molecule has 0 fully saturated rings. The van der Waals surface area contributed by atoms with Gasteiger partial charge in [0.1, 0.15) is 11.5 Å². The third kappa shape index (κ3) is 3.92. The van der Waals surface area contributed by atoms with Crippen LogP contribution >= 0.6 is 0 Å². The van der Waals surface area contributed by atoms with E-state index in [0.29, 0.717) is 12.0 Å². The van der Waals surface area contributed by atoms with Crippen LogP contribution in [0, 0.1) is 17.0 Å². The van der Waals surface area contributed by atoms with Crippen LogP contribution in [0.5, 0.6) is 0 Å². The molecule has 1 aromatic heterocycles. The summed E-state index contributed by atoms with van der Waals surface area (Å²) in [6.07, 6.45) is 1.52. The van der Waals surface area contributed by atoms with Gasteiger partial charge in [0.05, 0.1) is 11.0 Å². The molecule has 2 aromatic rings. The van der Waals surface area contributed by atoms with Gasteiger partial charge in [-0.2, -0.15) is 0 Å². The Hall–Kier alpha value is -2.14. The van der Waals surface area contributed by atoms with E-state index in [1.807, 2.05) is 25.1 Å². The summed E-state index contributed by atoms with van der Waals surface area (Å²) < 4.78 is 5.68. The fraction of sp³-hybridized carbons (Fsp3) is 0.375. The summed E-state index contributed by atoms with van der Waals surface area (Å²) in [5.41, 5.74) is 0.870. The molecule has 1 atom stereocenters. The number of nitro benzene ring substituents is 1. The van der Waals surface area contributed by atoms with Gasteiger partial charge < -0.3 is 9.73 Å². The van der Waals surface area contributed by atoms with Crippen molar-refractivity contribution in [2.24, 2.45) is 0 Å². The molecule has 0 saturated carbocycles. The Balaban J connectivity index is 2.24. The standard InChI is InChI=1S/C16H20N2O3/c1-3-10-17-14(16-9-8-12(2)21-16)11-13-6-4-5-7-15(13)18(19)20/h4-9,14,17H,3,10-11H2,1-2H3. The molecule has 1 heterocycles. The summed E-state index contributed by atoms with van der Waals surface area (Å²) in [5.74, 6) is 1.66. The smallest absolute Gasteiger partial charge is 0.272 e. The molecule has 0 bridgehead atoms. The van der Waals surface area contributed by atoms with Crippen molar-refractivity contribution in [3.05, 3.63) is 63.6 Å². The second kappa shape index (κ2) is 7.04. The molecular weight excluding hydrogens is 268 g/mol. The number of hydrogen-bond donors (Lipinski definition) is 1. The molecule has 1 aromatic carbocycles. The van der Waals surface area contributed by atoms with Crippen molar-refractivity contribution in [3.63, 3.8) is 0 Å². The topological polar surface area (TPSA) is 68.3 Å². The minimum absolute atomic E-state index is 0.0558. The van der Waals surface area contributed by atoms with Crippen LogP contribution in [0.15, 0.2) is 40.8 Å². The Morgan fingerprint density at radius 3 is 2.67 bits per heavy atom. The van der Waals surface area contributed by atoms with Gasteiger partial charge in [0.25, 0.3) is 5.69 Å². The van der Waals surface area contributed by atoms with Crippen molar-refractivity contribution in [1.82, 2.24) is 5.32 Å². The number of nitrogens with one attached hydrogen (secondary N) is 1. The van der Waals surface area contributed by atoms with E-state index >= 15 is 0 Å². The minimum atomic E-state index is -0.334. The molecular formula is C16H20N2O3. The van der Waals surface area contributed by atoms with Crippen LogP contribution in [0.25, 0.3) is 0 Å². The van der Waals surface area contributed by atoms with E-state index in [1.165, 1.54) is 0 Å². The van der Waals surface area contributed by atoms with Gasteiger partial charge in [0.2, 0.25) is 0 Å². The summed E-state index contributed by atoms with van der Waals surface area (Å²) in [6.45, 7) is 4.82. The molecule has 0 aliphatic rings. The zero-order valence-corrected chi connectivity index (χ0v) is 12.3. The fourth-order valence-corrected chi connectivity index (χ4v) is 2.31. The van der Waals surface area contributed by atoms with Crippen molar-refractivity contribution < 1.29 is 9.34 Å². The van der Waals surface area contributed by atoms with E-state index < -0.39 is 0 Å². The van der Waals surface area contributed by atoms with Crippen LogP contribution in [0.2, 0.25) is 0 Å². The Morgan fingerprint density at radius 2 is 2.05 bits per heavy atom. The third-order valence-corrected chi connectivity index (χ3v) is 3.36. The quantitative estimate of drug-likeness (QED) is 0.622. The summed E-state index contributed by atoms with van der Waals surface area (Å²) in [4.78, 5) is 10.8. The number of para-hydroxylation sites is 1. The molecule has 1 N–H and O–H groups in total. The maximum Gasteiger partial charge on any atom is 0.272 e. The predicted molar refractivity (Wildman–Crippen MR) is 81.3 cm³/mol. The first-order chi connectivity index (χ1) is 10.1. The van der Waals surface area contributed by atoms with Crippen LogP contribution in [-0.2, 0) is 6.42 Å². The van der Waals surface area contributed by atoms with Crippen molar-refractivity contribution in [2.75, 3.05) is 6.54 Å². The molecule has 0 aliphatic heterocycles. The number of hydrogen-bond acceptors (Lipinski definition) is 4. The zero-order valence-electron chi connectivity index (χ0n) is 12.3. The highest BCUT2D eigenvalue weighted by atomic mass is 16.6. The summed E-state index contributed by atoms with van der Waals surface area (Å²) >= 11 is 0. The highest BCUT2D eigenvalue weighted by Crippen LogP contribution is 2.26. The van der Waals surface area contributed by atoms with Gasteiger partial charge in [-0.25, -0.2) is 0 Å². The van der Waals surface area contributed by atoms with E-state index in [1.54, 1.807) is 18.2 Å². The van der Waals surface area contributed by atoms with Gasteiger partial charge >= 0.3 is 0 Å². The van der Waals surface area contributed by atoms with Gasteiger partial charge in [-0.15, -0.1) is 0 Å². The Labute approximate surface area is 124 Å². The highest BCUT2D eigenvalue weighted by Gasteiger charge is 2.20. The number of nitro groups is 1. The summed E-state index contributed by atoms with van der Waals surface area (Å²) in [5, 5.41) is 14.5. The van der Waals surface area contributed by atoms with E-state index in [4.69, 9.17) is 4.42 Å². The van der Waals surface area contributed by atoms with Crippen LogP contribution < -0.4 is 5.32 Å². The molecule has 21 heavy (non-hydrogen) atoms. The number of aryl methyl sites for hydroxylation is 1. The van der Waals surface area contributed by atoms with Gasteiger partial charge in [0.15, 0.2) is 0 Å². The SMILES string of the molecule is CCCNC(Cc1ccccc1[N+](=O)[O-])c1ccc(C)o1. The van der Waals surface area contributed by atoms with Gasteiger partial charge in [0, 0.05) is 18.1 Å². The lowest BCUT2D eigenvalue weighted by Gasteiger charge is -2.16. The molecule has 0 aliphatic carbocycles. The van der Waals surface area contributed by atoms with E-state index in [-0.39, 0.29) is 16.7 Å². The molecule has 5 nitrogen and oxygen atoms in total. The van der Waals surface area contributed by atoms with Gasteiger partial charge in [-0.05, 0) is 32.0 Å². The normalized spacial score (nSPS) is 12.3. The number of benzene rings is 1. The maximum absolute atomic E-state index is 11.1. The van der Waals surface area contributed by atoms with E-state index in [9.17, 15) is 10.1 Å². The molecule has 1 unspecified atom stereocenters. The zero-order chi connectivity index (χ0) is 15.2. The third-order valence-electron chi connectivity index (χ3n) is 3.36. The monoisotopic (exact) mass is 288 g/mol. The maximum atomic E-state index is 11.1. The molecule has 2 rings (SSSR count). The van der Waals surface area contributed by atoms with E-state index in [0.717, 1.165) is 24.5 Å². The predicted octanol–water partition coefficient (Wildman–Crippen LogP) is 3.78. The number of nitrogens with zero attached hydrogens (tertiary/aromatic N) is 1. The first-order valence-corrected chi connectivity index (χ1v) is 7.13. The lowest BCUT2D eigenvalue weighted by Crippen LogP contribution is -2.24. The molecule has 0 amide bonds. The first-order valence-electron chi connectivity index (χ1n) is 7.13. The fourth-order valence-electron chi connectivity index (χ4n) is 2.31. The largest absolute Gasteiger partial charge is 0.465 e. The summed E-state index contributed by atoms with van der Waals surface area (Å²) in [7, 11) is 0. The highest BCUT2D eigenvalue weighted by molar-refractivity contribution is 5.40. The van der Waals surface area contributed by atoms with Crippen molar-refractivity contribution in [2.45, 2.75) is 32.7 Å². The average molecular weight is 288 g/mol. The molecule has 5 heteroatoms. The van der Waals surface area contributed by atoms with Crippen LogP contribution in [-0.4, -0.2) is 11.5 Å². The molecule has 0 saturated heterocycles. The molecule has 112 valence electrons. The van der Waals surface area contributed by atoms with Crippen molar-refractivity contribution >= 4 is 5.69 Å². The van der Waals surface area contributed by atoms with E-state index in [2.05, 4.69) is 12.2 Å². The molecule has 0 radical (unpaired) electrons. The Morgan fingerprint density at radius 1 is 1.29 bits per heavy atom. The van der Waals surface area contributed by atoms with Crippen molar-refractivity contribution in [1.29, 1.82) is 0 Å². The lowest BCUT2D eigenvalue weighted by molar-refractivity contribution is -0.385. The van der Waals surface area contributed by atoms with Crippen LogP contribution in [0.4, 0.5) is 5.69 Å². The summed E-state index contributed by atoms with van der Waals surface area (Å²) in [6, 6.07) is 10.6. The second-order valence-corrected chi connectivity index (χ2v) is 5.05. The van der Waals surface area contributed by atoms with Crippen LogP contribution in [0.1, 0.15) is 36.5 Å².